The normalized spacial score (nSPS) is 18.0. The van der Waals surface area contributed by atoms with Gasteiger partial charge in [-0.1, -0.05) is 31.7 Å². The van der Waals surface area contributed by atoms with Gasteiger partial charge in [-0.2, -0.15) is 0 Å². The Bertz CT molecular complexity index is 1080. The summed E-state index contributed by atoms with van der Waals surface area (Å²) >= 11 is 0. The Morgan fingerprint density at radius 2 is 1.91 bits per heavy atom. The summed E-state index contributed by atoms with van der Waals surface area (Å²) in [4.78, 5) is 27.5. The van der Waals surface area contributed by atoms with Crippen LogP contribution in [0.15, 0.2) is 48.5 Å². The van der Waals surface area contributed by atoms with Crippen molar-refractivity contribution >= 4 is 17.5 Å². The smallest absolute Gasteiger partial charge is 0.251 e. The molecule has 2 atom stereocenters. The van der Waals surface area contributed by atoms with Crippen molar-refractivity contribution in [3.05, 3.63) is 60.1 Å². The Hall–Kier alpha value is -3.24. The predicted octanol–water partition coefficient (Wildman–Crippen LogP) is 2.81. The van der Waals surface area contributed by atoms with Crippen LogP contribution in [0.4, 0.5) is 14.5 Å². The van der Waals surface area contributed by atoms with Gasteiger partial charge >= 0.3 is 0 Å². The highest BCUT2D eigenvalue weighted by Crippen LogP contribution is 2.32. The number of amides is 2. The molecule has 0 unspecified atom stereocenters. The van der Waals surface area contributed by atoms with Gasteiger partial charge < -0.3 is 29.7 Å². The average molecular weight is 490 g/mol. The third-order valence-corrected chi connectivity index (χ3v) is 6.41. The Balaban J connectivity index is 1.47. The number of carbonyl (C=O) groups excluding carboxylic acids is 2. The predicted molar refractivity (Wildman–Crippen MR) is 123 cm³/mol. The zero-order valence-electron chi connectivity index (χ0n) is 19.2. The molecule has 35 heavy (non-hydrogen) atoms. The largest absolute Gasteiger partial charge is 0.453 e. The number of nitrogens with zero attached hydrogens (tertiary/aromatic N) is 2. The van der Waals surface area contributed by atoms with Crippen LogP contribution in [0.2, 0.25) is 0 Å². The molecule has 1 aromatic carbocycles. The number of ether oxygens (including phenoxy) is 1. The Labute approximate surface area is 201 Å². The number of anilines is 1. The van der Waals surface area contributed by atoms with Crippen LogP contribution in [0, 0.1) is 17.6 Å². The van der Waals surface area contributed by atoms with Gasteiger partial charge in [-0.25, -0.2) is 8.78 Å². The fourth-order valence-corrected chi connectivity index (χ4v) is 4.64. The van der Waals surface area contributed by atoms with Crippen LogP contribution in [0.25, 0.3) is 0 Å². The zero-order valence-corrected chi connectivity index (χ0v) is 19.2. The van der Waals surface area contributed by atoms with Gasteiger partial charge in [0, 0.05) is 18.5 Å². The van der Waals surface area contributed by atoms with Gasteiger partial charge in [0.05, 0.1) is 31.5 Å². The molecule has 2 heterocycles. The van der Waals surface area contributed by atoms with Gasteiger partial charge in [-0.05, 0) is 30.5 Å². The first-order valence-electron chi connectivity index (χ1n) is 11.7. The van der Waals surface area contributed by atoms with Gasteiger partial charge in [-0.3, -0.25) is 9.59 Å². The molecular formula is C25H29F2N3O5. The summed E-state index contributed by atoms with van der Waals surface area (Å²) in [5.74, 6) is -2.84. The minimum absolute atomic E-state index is 0.0624. The maximum Gasteiger partial charge on any atom is 0.251 e. The van der Waals surface area contributed by atoms with Crippen LogP contribution in [0.5, 0.6) is 5.75 Å². The number of aromatic nitrogens is 1. The van der Waals surface area contributed by atoms with Gasteiger partial charge in [-0.15, -0.1) is 0 Å². The number of carbonyl (C=O) groups is 2. The van der Waals surface area contributed by atoms with E-state index >= 15 is 0 Å². The molecule has 188 valence electrons. The van der Waals surface area contributed by atoms with E-state index in [2.05, 4.69) is 5.32 Å². The van der Waals surface area contributed by atoms with Crippen molar-refractivity contribution in [2.75, 3.05) is 18.5 Å². The highest BCUT2D eigenvalue weighted by atomic mass is 19.1. The lowest BCUT2D eigenvalue weighted by Crippen LogP contribution is -2.46. The molecule has 8 nitrogen and oxygen atoms in total. The second-order valence-electron chi connectivity index (χ2n) is 9.05. The van der Waals surface area contributed by atoms with Crippen LogP contribution in [0.1, 0.15) is 32.1 Å². The minimum Gasteiger partial charge on any atom is -0.453 e. The molecule has 2 amide bonds. The summed E-state index contributed by atoms with van der Waals surface area (Å²) < 4.78 is 35.0. The number of aliphatic hydroxyl groups excluding tert-OH is 2. The van der Waals surface area contributed by atoms with Crippen molar-refractivity contribution in [2.24, 2.45) is 5.92 Å². The minimum atomic E-state index is -0.924. The average Bonchev–Trinajstić information content (AvgIpc) is 3.57. The third kappa shape index (κ3) is 6.07. The molecule has 0 saturated heterocycles. The summed E-state index contributed by atoms with van der Waals surface area (Å²) in [6.07, 6.45) is 8.08. The topological polar surface area (TPSA) is 104 Å². The fourth-order valence-electron chi connectivity index (χ4n) is 4.64. The molecule has 0 spiro atoms. The maximum atomic E-state index is 14.0. The van der Waals surface area contributed by atoms with Crippen molar-refractivity contribution in [3.8, 4) is 5.75 Å². The summed E-state index contributed by atoms with van der Waals surface area (Å²) in [6.45, 7) is -0.296. The van der Waals surface area contributed by atoms with Gasteiger partial charge in [0.2, 0.25) is 5.91 Å². The van der Waals surface area contributed by atoms with Gasteiger partial charge in [0.25, 0.3) is 5.91 Å². The Kier molecular flexibility index (Phi) is 7.82. The van der Waals surface area contributed by atoms with E-state index in [1.54, 1.807) is 23.0 Å². The lowest BCUT2D eigenvalue weighted by Gasteiger charge is -2.29. The molecule has 2 aromatic rings. The molecule has 0 bridgehead atoms. The van der Waals surface area contributed by atoms with Crippen LogP contribution in [0.3, 0.4) is 0 Å². The number of halogens is 2. The summed E-state index contributed by atoms with van der Waals surface area (Å²) in [6, 6.07) is 4.22. The van der Waals surface area contributed by atoms with E-state index in [1.165, 1.54) is 11.0 Å². The second kappa shape index (κ2) is 11.0. The molecule has 1 fully saturated rings. The monoisotopic (exact) mass is 489 g/mol. The van der Waals surface area contributed by atoms with E-state index in [0.29, 0.717) is 12.1 Å². The Morgan fingerprint density at radius 1 is 1.20 bits per heavy atom. The van der Waals surface area contributed by atoms with Crippen molar-refractivity contribution in [2.45, 2.75) is 50.8 Å². The maximum absolute atomic E-state index is 14.0. The van der Waals surface area contributed by atoms with Crippen LogP contribution >= 0.6 is 0 Å². The van der Waals surface area contributed by atoms with Gasteiger partial charge in [0.1, 0.15) is 11.8 Å². The highest BCUT2D eigenvalue weighted by molar-refractivity contribution is 6.00. The van der Waals surface area contributed by atoms with Crippen molar-refractivity contribution in [3.63, 3.8) is 0 Å². The van der Waals surface area contributed by atoms with E-state index in [1.807, 2.05) is 0 Å². The summed E-state index contributed by atoms with van der Waals surface area (Å²) in [5.41, 5.74) is 0.487. The van der Waals surface area contributed by atoms with E-state index in [9.17, 15) is 23.5 Å². The van der Waals surface area contributed by atoms with E-state index in [0.717, 1.165) is 43.9 Å². The number of aliphatic hydroxyl groups is 2. The zero-order chi connectivity index (χ0) is 24.9. The fraction of sp³-hybridized carbons (Fsp3) is 0.440. The molecule has 1 aliphatic heterocycles. The standard InChI is InChI=1S/C25H29F2N3O5/c26-20-6-3-7-21(27)24(20)35-19-11-23(33)30(14-19)22(10-16-4-1-2-5-16)25(34)28-17-8-9-29(12-17)13-18(32)15-31/h3,6-9,11-12,16,18,22,31-32H,1-2,4-5,10,13-15H2,(H,28,34)/t18-,22+/m1/s1. The molecule has 4 rings (SSSR count). The molecule has 3 N–H and O–H groups in total. The quantitative estimate of drug-likeness (QED) is 0.476. The molecule has 1 saturated carbocycles. The van der Waals surface area contributed by atoms with Gasteiger partial charge in [0.15, 0.2) is 17.4 Å². The van der Waals surface area contributed by atoms with Crippen LogP contribution in [-0.2, 0) is 16.1 Å². The molecular weight excluding hydrogens is 460 g/mol. The number of hydrogen-bond donors (Lipinski definition) is 3. The third-order valence-electron chi connectivity index (χ3n) is 6.41. The lowest BCUT2D eigenvalue weighted by molar-refractivity contribution is -0.134. The first kappa shape index (κ1) is 24.9. The number of para-hydroxylation sites is 1. The number of rotatable bonds is 10. The van der Waals surface area contributed by atoms with E-state index < -0.39 is 35.4 Å². The lowest BCUT2D eigenvalue weighted by atomic mass is 9.96. The highest BCUT2D eigenvalue weighted by Gasteiger charge is 2.37. The van der Waals surface area contributed by atoms with Crippen LogP contribution < -0.4 is 10.1 Å². The first-order chi connectivity index (χ1) is 16.8. The summed E-state index contributed by atoms with van der Waals surface area (Å²) in [5, 5.41) is 21.5. The molecule has 10 heteroatoms. The number of benzene rings is 1. The number of hydrogen-bond acceptors (Lipinski definition) is 5. The second-order valence-corrected chi connectivity index (χ2v) is 9.05. The first-order valence-corrected chi connectivity index (χ1v) is 11.7. The van der Waals surface area contributed by atoms with Crippen LogP contribution in [-0.4, -0.2) is 56.8 Å². The summed E-state index contributed by atoms with van der Waals surface area (Å²) in [7, 11) is 0. The SMILES string of the molecule is O=C(Nc1ccn(C[C@@H](O)CO)c1)[C@H](CC1CCCC1)N1CC(Oc2c(F)cccc2F)=CC1=O. The molecule has 2 aliphatic rings. The molecule has 0 radical (unpaired) electrons. The Morgan fingerprint density at radius 3 is 2.60 bits per heavy atom. The molecule has 1 aromatic heterocycles. The van der Waals surface area contributed by atoms with Crippen molar-refractivity contribution in [1.29, 1.82) is 0 Å². The van der Waals surface area contributed by atoms with Crippen molar-refractivity contribution in [1.82, 2.24) is 9.47 Å². The van der Waals surface area contributed by atoms with Crippen molar-refractivity contribution < 1.29 is 33.3 Å². The van der Waals surface area contributed by atoms with E-state index in [4.69, 9.17) is 9.84 Å². The number of nitrogens with one attached hydrogen (secondary N) is 1. The molecule has 1 aliphatic carbocycles. The van der Waals surface area contributed by atoms with E-state index in [-0.39, 0.29) is 37.3 Å².